The Balaban J connectivity index is 0.00000169. The summed E-state index contributed by atoms with van der Waals surface area (Å²) in [5, 5.41) is 0.368. The van der Waals surface area contributed by atoms with Gasteiger partial charge in [-0.2, -0.15) is 11.8 Å². The van der Waals surface area contributed by atoms with Crippen molar-refractivity contribution in [1.82, 2.24) is 0 Å². The Kier molecular flexibility index (Phi) is 7.49. The minimum atomic E-state index is -4.74. The van der Waals surface area contributed by atoms with Crippen LogP contribution in [0.25, 0.3) is 0 Å². The molecule has 7 heteroatoms. The van der Waals surface area contributed by atoms with Crippen LogP contribution < -0.4 is 51.4 Å². The van der Waals surface area contributed by atoms with Gasteiger partial charge < -0.3 is 12.9 Å². The van der Waals surface area contributed by atoms with Crippen molar-refractivity contribution in [3.8, 4) is 0 Å². The molecule has 0 N–H and O–H groups in total. The van der Waals surface area contributed by atoms with Crippen molar-refractivity contribution in [2.75, 3.05) is 5.65 Å². The van der Waals surface area contributed by atoms with Crippen LogP contribution in [0.3, 0.4) is 0 Å². The zero-order valence-electron chi connectivity index (χ0n) is 7.51. The number of rotatable bonds is 3. The van der Waals surface area contributed by atoms with E-state index in [0.717, 1.165) is 11.8 Å². The summed E-state index contributed by atoms with van der Waals surface area (Å²) in [5.74, 6) is 0. The Hall–Kier alpha value is 1.35. The number of hydrogen-bond donors (Lipinski definition) is 0. The van der Waals surface area contributed by atoms with E-state index in [1.807, 2.05) is 0 Å². The minimum Gasteiger partial charge on any atom is -0.448 e. The molecule has 72 valence electrons. The summed E-state index contributed by atoms with van der Waals surface area (Å²) < 4.78 is 35.6. The molecular weight excluding hydrogens is 259 g/mol. The molecular formula is C7H6BClF3KS. The van der Waals surface area contributed by atoms with Gasteiger partial charge in [0.2, 0.25) is 0 Å². The minimum absolute atomic E-state index is 0. The zero-order chi connectivity index (χ0) is 9.90. The van der Waals surface area contributed by atoms with Crippen molar-refractivity contribution in [3.63, 3.8) is 0 Å². The maximum atomic E-state index is 11.9. The molecule has 0 saturated heterocycles. The summed E-state index contributed by atoms with van der Waals surface area (Å²) in [6.07, 6.45) is 0. The van der Waals surface area contributed by atoms with Crippen molar-refractivity contribution in [2.24, 2.45) is 0 Å². The normalized spacial score (nSPS) is 10.9. The summed E-state index contributed by atoms with van der Waals surface area (Å²) in [5.41, 5.74) is -0.844. The standard InChI is InChI=1S/C7H6BClF3S.K/c9-6-3-1-2-4-7(6)13-5-8(10,11)12;/h1-4H,5H2;/q-1;+1. The summed E-state index contributed by atoms with van der Waals surface area (Å²) in [6.45, 7) is -4.74. The Morgan fingerprint density at radius 1 is 1.21 bits per heavy atom. The van der Waals surface area contributed by atoms with Gasteiger partial charge in [0.15, 0.2) is 0 Å². The maximum Gasteiger partial charge on any atom is 1.00 e. The SMILES string of the molecule is F[B-](F)(F)CSc1ccccc1Cl.[K+]. The number of halogens is 4. The third kappa shape index (κ3) is 6.05. The summed E-state index contributed by atoms with van der Waals surface area (Å²) in [6, 6.07) is 6.50. The van der Waals surface area contributed by atoms with E-state index < -0.39 is 12.6 Å². The molecule has 0 fully saturated rings. The number of thioether (sulfide) groups is 1. The van der Waals surface area contributed by atoms with Gasteiger partial charge in [0.1, 0.15) is 0 Å². The molecule has 0 amide bonds. The average Bonchev–Trinajstić information content (AvgIpc) is 2.01. The Bertz CT molecular complexity index is 295. The molecule has 0 aliphatic rings. The molecule has 1 aromatic carbocycles. The zero-order valence-corrected chi connectivity index (χ0v) is 12.2. The molecule has 0 unspecified atom stereocenters. The van der Waals surface area contributed by atoms with Gasteiger partial charge in [-0.05, 0) is 17.8 Å². The molecule has 0 aromatic heterocycles. The van der Waals surface area contributed by atoms with Crippen LogP contribution in [0.5, 0.6) is 0 Å². The second-order valence-electron chi connectivity index (χ2n) is 2.45. The van der Waals surface area contributed by atoms with Crippen LogP contribution >= 0.6 is 23.4 Å². The molecule has 0 saturated carbocycles. The maximum absolute atomic E-state index is 11.9. The van der Waals surface area contributed by atoms with Crippen LogP contribution in [0.15, 0.2) is 29.2 Å². The molecule has 14 heavy (non-hydrogen) atoms. The van der Waals surface area contributed by atoms with Crippen molar-refractivity contribution in [2.45, 2.75) is 4.90 Å². The smallest absolute Gasteiger partial charge is 0.448 e. The van der Waals surface area contributed by atoms with Crippen LogP contribution in [0.4, 0.5) is 12.9 Å². The fraction of sp³-hybridized carbons (Fsp3) is 0.143. The quantitative estimate of drug-likeness (QED) is 0.575. The van der Waals surface area contributed by atoms with Crippen LogP contribution in [0.1, 0.15) is 0 Å². The van der Waals surface area contributed by atoms with E-state index in [2.05, 4.69) is 0 Å². The molecule has 0 spiro atoms. The van der Waals surface area contributed by atoms with Gasteiger partial charge in [0.05, 0.1) is 5.02 Å². The first-order valence-corrected chi connectivity index (χ1v) is 4.94. The van der Waals surface area contributed by atoms with E-state index >= 15 is 0 Å². The molecule has 1 rings (SSSR count). The van der Waals surface area contributed by atoms with Crippen molar-refractivity contribution in [3.05, 3.63) is 29.3 Å². The Labute approximate surface area is 132 Å². The third-order valence-electron chi connectivity index (χ3n) is 1.26. The van der Waals surface area contributed by atoms with E-state index in [1.54, 1.807) is 24.3 Å². The van der Waals surface area contributed by atoms with Crippen LogP contribution in [-0.2, 0) is 0 Å². The predicted octanol–water partition coefficient (Wildman–Crippen LogP) is 0.823. The predicted molar refractivity (Wildman–Crippen MR) is 51.3 cm³/mol. The number of hydrogen-bond acceptors (Lipinski definition) is 1. The van der Waals surface area contributed by atoms with E-state index in [9.17, 15) is 12.9 Å². The first-order valence-electron chi connectivity index (χ1n) is 3.57. The first kappa shape index (κ1) is 15.4. The van der Waals surface area contributed by atoms with Crippen LogP contribution in [0.2, 0.25) is 5.02 Å². The topological polar surface area (TPSA) is 0 Å². The van der Waals surface area contributed by atoms with Gasteiger partial charge in [0, 0.05) is 4.90 Å². The molecule has 0 atom stereocenters. The molecule has 0 radical (unpaired) electrons. The monoisotopic (exact) mass is 264 g/mol. The third-order valence-corrected chi connectivity index (χ3v) is 2.92. The average molecular weight is 265 g/mol. The molecule has 0 heterocycles. The van der Waals surface area contributed by atoms with Crippen molar-refractivity contribution in [1.29, 1.82) is 0 Å². The van der Waals surface area contributed by atoms with Gasteiger partial charge in [-0.1, -0.05) is 23.7 Å². The Morgan fingerprint density at radius 2 is 1.79 bits per heavy atom. The van der Waals surface area contributed by atoms with E-state index in [4.69, 9.17) is 11.6 Å². The fourth-order valence-corrected chi connectivity index (χ4v) is 1.79. The fourth-order valence-electron chi connectivity index (χ4n) is 0.746. The molecule has 0 nitrogen and oxygen atoms in total. The van der Waals surface area contributed by atoms with Crippen LogP contribution in [0, 0.1) is 0 Å². The molecule has 0 aliphatic carbocycles. The number of benzene rings is 1. The van der Waals surface area contributed by atoms with Gasteiger partial charge in [0.25, 0.3) is 0 Å². The van der Waals surface area contributed by atoms with Crippen molar-refractivity contribution >= 4 is 30.3 Å². The van der Waals surface area contributed by atoms with Gasteiger partial charge in [-0.3, -0.25) is 0 Å². The summed E-state index contributed by atoms with van der Waals surface area (Å²) >= 11 is 6.40. The van der Waals surface area contributed by atoms with E-state index in [-0.39, 0.29) is 51.4 Å². The van der Waals surface area contributed by atoms with Crippen LogP contribution in [-0.4, -0.2) is 12.6 Å². The molecule has 0 aliphatic heterocycles. The van der Waals surface area contributed by atoms with Gasteiger partial charge >= 0.3 is 58.4 Å². The molecule has 1 aromatic rings. The summed E-state index contributed by atoms with van der Waals surface area (Å²) in [4.78, 5) is 0.475. The molecule has 0 bridgehead atoms. The van der Waals surface area contributed by atoms with E-state index in [1.165, 1.54) is 0 Å². The van der Waals surface area contributed by atoms with Gasteiger partial charge in [-0.15, -0.1) is 0 Å². The first-order chi connectivity index (χ1) is 5.99. The van der Waals surface area contributed by atoms with Crippen molar-refractivity contribution < 1.29 is 64.3 Å². The largest absolute Gasteiger partial charge is 1.00 e. The van der Waals surface area contributed by atoms with E-state index in [0.29, 0.717) is 9.92 Å². The second kappa shape index (κ2) is 6.83. The summed E-state index contributed by atoms with van der Waals surface area (Å²) in [7, 11) is 0. The Morgan fingerprint density at radius 3 is 2.29 bits per heavy atom. The second-order valence-corrected chi connectivity index (χ2v) is 3.92. The van der Waals surface area contributed by atoms with Gasteiger partial charge in [-0.25, -0.2) is 0 Å².